The van der Waals surface area contributed by atoms with Gasteiger partial charge in [0.1, 0.15) is 0 Å². The van der Waals surface area contributed by atoms with E-state index in [4.69, 9.17) is 0 Å². The van der Waals surface area contributed by atoms with Crippen LogP contribution in [0.4, 0.5) is 5.69 Å². The Morgan fingerprint density at radius 3 is 2.58 bits per heavy atom. The van der Waals surface area contributed by atoms with Crippen LogP contribution in [0.1, 0.15) is 36.2 Å². The standard InChI is InChI=1S/C23H23N5O3S2/c1-14(21(29)15-7-9-16(10-8-15)27-33(2,30)31)32-23-26-25-22(28(23)17-11-12-17)19-13-24-20-6-4-3-5-18(19)20/h3-10,13-14,17,24,27H,11-12H2,1-2H3/t14-/m1/s1. The van der Waals surface area contributed by atoms with E-state index in [1.54, 1.807) is 24.3 Å². The van der Waals surface area contributed by atoms with Crippen LogP contribution in [-0.4, -0.2) is 45.5 Å². The topological polar surface area (TPSA) is 110 Å². The summed E-state index contributed by atoms with van der Waals surface area (Å²) in [5.74, 6) is 0.762. The van der Waals surface area contributed by atoms with Gasteiger partial charge in [0.25, 0.3) is 0 Å². The molecule has 2 aromatic heterocycles. The van der Waals surface area contributed by atoms with Gasteiger partial charge in [0.15, 0.2) is 16.8 Å². The second-order valence-electron chi connectivity index (χ2n) is 8.23. The van der Waals surface area contributed by atoms with Gasteiger partial charge < -0.3 is 4.98 Å². The fourth-order valence-corrected chi connectivity index (χ4v) is 5.38. The van der Waals surface area contributed by atoms with E-state index in [0.717, 1.165) is 46.5 Å². The van der Waals surface area contributed by atoms with Crippen molar-refractivity contribution in [1.82, 2.24) is 19.7 Å². The normalized spacial score (nSPS) is 15.0. The maximum atomic E-state index is 13.0. The molecule has 0 saturated heterocycles. The summed E-state index contributed by atoms with van der Waals surface area (Å²) in [5, 5.41) is 10.4. The fourth-order valence-electron chi connectivity index (χ4n) is 3.82. The Labute approximate surface area is 195 Å². The molecule has 1 saturated carbocycles. The number of aromatic amines is 1. The zero-order chi connectivity index (χ0) is 23.2. The summed E-state index contributed by atoms with van der Waals surface area (Å²) in [4.78, 5) is 16.3. The first kappa shape index (κ1) is 21.7. The molecule has 2 N–H and O–H groups in total. The quantitative estimate of drug-likeness (QED) is 0.283. The van der Waals surface area contributed by atoms with Gasteiger partial charge >= 0.3 is 0 Å². The van der Waals surface area contributed by atoms with Gasteiger partial charge in [-0.1, -0.05) is 30.0 Å². The van der Waals surface area contributed by atoms with Crippen molar-refractivity contribution in [3.63, 3.8) is 0 Å². The molecule has 0 radical (unpaired) electrons. The predicted octanol–water partition coefficient (Wildman–Crippen LogP) is 4.50. The highest BCUT2D eigenvalue weighted by Gasteiger charge is 2.32. The second-order valence-corrected chi connectivity index (χ2v) is 11.3. The number of anilines is 1. The largest absolute Gasteiger partial charge is 0.360 e. The molecular weight excluding hydrogens is 458 g/mol. The molecule has 0 aliphatic heterocycles. The highest BCUT2D eigenvalue weighted by atomic mass is 32.2. The van der Waals surface area contributed by atoms with Crippen LogP contribution in [0, 0.1) is 0 Å². The number of sulfonamides is 1. The van der Waals surface area contributed by atoms with E-state index in [2.05, 4.69) is 30.5 Å². The number of para-hydroxylation sites is 1. The van der Waals surface area contributed by atoms with Crippen LogP contribution in [0.15, 0.2) is 59.9 Å². The first-order valence-corrected chi connectivity index (χ1v) is 13.4. The van der Waals surface area contributed by atoms with Crippen LogP contribution >= 0.6 is 11.8 Å². The summed E-state index contributed by atoms with van der Waals surface area (Å²) in [6.45, 7) is 1.85. The van der Waals surface area contributed by atoms with Gasteiger partial charge in [-0.15, -0.1) is 10.2 Å². The Bertz CT molecular complexity index is 1440. The van der Waals surface area contributed by atoms with Gasteiger partial charge in [0, 0.05) is 40.0 Å². The molecule has 2 heterocycles. The molecule has 0 amide bonds. The van der Waals surface area contributed by atoms with E-state index in [1.165, 1.54) is 11.8 Å². The van der Waals surface area contributed by atoms with Crippen LogP contribution in [-0.2, 0) is 10.0 Å². The number of rotatable bonds is 8. The third-order valence-electron chi connectivity index (χ3n) is 5.53. The summed E-state index contributed by atoms with van der Waals surface area (Å²) in [6, 6.07) is 14.9. The maximum absolute atomic E-state index is 13.0. The van der Waals surface area contributed by atoms with Crippen LogP contribution in [0.5, 0.6) is 0 Å². The Kier molecular flexibility index (Phi) is 5.49. The molecule has 0 bridgehead atoms. The second kappa shape index (κ2) is 8.35. The van der Waals surface area contributed by atoms with Crippen molar-refractivity contribution in [1.29, 1.82) is 0 Å². The Morgan fingerprint density at radius 2 is 1.88 bits per heavy atom. The summed E-state index contributed by atoms with van der Waals surface area (Å²) in [6.07, 6.45) is 5.18. The number of benzene rings is 2. The minimum atomic E-state index is -3.36. The number of ketones is 1. The molecule has 8 nitrogen and oxygen atoms in total. The predicted molar refractivity (Wildman–Crippen MR) is 130 cm³/mol. The molecule has 1 fully saturated rings. The van der Waals surface area contributed by atoms with Gasteiger partial charge in [-0.3, -0.25) is 14.1 Å². The Morgan fingerprint density at radius 1 is 1.15 bits per heavy atom. The zero-order valence-corrected chi connectivity index (χ0v) is 19.8. The number of H-pyrrole nitrogens is 1. The fraction of sp³-hybridized carbons (Fsp3) is 0.261. The lowest BCUT2D eigenvalue weighted by molar-refractivity contribution is 0.0994. The highest BCUT2D eigenvalue weighted by Crippen LogP contribution is 2.43. The van der Waals surface area contributed by atoms with E-state index in [0.29, 0.717) is 17.3 Å². The van der Waals surface area contributed by atoms with Crippen LogP contribution in [0.2, 0.25) is 0 Å². The van der Waals surface area contributed by atoms with Gasteiger partial charge in [0.2, 0.25) is 10.0 Å². The first-order valence-electron chi connectivity index (χ1n) is 10.6. The molecule has 1 aliphatic rings. The third-order valence-corrected chi connectivity index (χ3v) is 7.19. The molecule has 0 spiro atoms. The number of carbonyl (C=O) groups excluding carboxylic acids is 1. The molecule has 4 aromatic rings. The molecule has 1 atom stereocenters. The van der Waals surface area contributed by atoms with Crippen molar-refractivity contribution < 1.29 is 13.2 Å². The van der Waals surface area contributed by atoms with Crippen molar-refractivity contribution in [2.75, 3.05) is 11.0 Å². The number of fused-ring (bicyclic) bond motifs is 1. The lowest BCUT2D eigenvalue weighted by Gasteiger charge is -2.13. The number of Topliss-reactive ketones (excluding diaryl/α,β-unsaturated/α-hetero) is 1. The van der Waals surface area contributed by atoms with Crippen LogP contribution in [0.3, 0.4) is 0 Å². The summed E-state index contributed by atoms with van der Waals surface area (Å²) >= 11 is 1.40. The van der Waals surface area contributed by atoms with Crippen molar-refractivity contribution in [3.05, 3.63) is 60.3 Å². The molecular formula is C23H23N5O3S2. The first-order chi connectivity index (χ1) is 15.8. The molecule has 10 heteroatoms. The number of hydrogen-bond acceptors (Lipinski definition) is 6. The summed E-state index contributed by atoms with van der Waals surface area (Å²) < 4.78 is 27.3. The van der Waals surface area contributed by atoms with Crippen LogP contribution < -0.4 is 4.72 Å². The van der Waals surface area contributed by atoms with E-state index in [1.807, 2.05) is 31.3 Å². The molecule has 0 unspecified atom stereocenters. The number of hydrogen-bond donors (Lipinski definition) is 2. The smallest absolute Gasteiger partial charge is 0.229 e. The van der Waals surface area contributed by atoms with E-state index in [9.17, 15) is 13.2 Å². The maximum Gasteiger partial charge on any atom is 0.229 e. The number of aromatic nitrogens is 4. The van der Waals surface area contributed by atoms with Gasteiger partial charge in [-0.25, -0.2) is 8.42 Å². The lowest BCUT2D eigenvalue weighted by Crippen LogP contribution is -2.15. The van der Waals surface area contributed by atoms with Crippen molar-refractivity contribution in [3.8, 4) is 11.4 Å². The Balaban J connectivity index is 1.39. The zero-order valence-electron chi connectivity index (χ0n) is 18.1. The molecule has 1 aliphatic carbocycles. The minimum absolute atomic E-state index is 0.0510. The monoisotopic (exact) mass is 481 g/mol. The molecule has 33 heavy (non-hydrogen) atoms. The van der Waals surface area contributed by atoms with Crippen molar-refractivity contribution in [2.45, 2.75) is 36.2 Å². The van der Waals surface area contributed by atoms with E-state index < -0.39 is 10.0 Å². The molecule has 170 valence electrons. The summed E-state index contributed by atoms with van der Waals surface area (Å²) in [5.41, 5.74) is 2.99. The lowest BCUT2D eigenvalue weighted by atomic mass is 10.1. The number of nitrogens with one attached hydrogen (secondary N) is 2. The highest BCUT2D eigenvalue weighted by molar-refractivity contribution is 8.00. The molecule has 2 aromatic carbocycles. The van der Waals surface area contributed by atoms with Gasteiger partial charge in [-0.2, -0.15) is 0 Å². The number of nitrogens with zero attached hydrogens (tertiary/aromatic N) is 3. The SMILES string of the molecule is C[C@@H](Sc1nnc(-c2c[nH]c3ccccc23)n1C1CC1)C(=O)c1ccc(NS(C)(=O)=O)cc1. The van der Waals surface area contributed by atoms with Crippen LogP contribution in [0.25, 0.3) is 22.3 Å². The summed E-state index contributed by atoms with van der Waals surface area (Å²) in [7, 11) is -3.36. The van der Waals surface area contributed by atoms with Gasteiger partial charge in [-0.05, 0) is 50.1 Å². The Hall–Kier alpha value is -3.11. The van der Waals surface area contributed by atoms with E-state index >= 15 is 0 Å². The molecule has 5 rings (SSSR count). The number of carbonyl (C=O) groups is 1. The number of thioether (sulfide) groups is 1. The van der Waals surface area contributed by atoms with Crippen molar-refractivity contribution in [2.24, 2.45) is 0 Å². The third kappa shape index (κ3) is 4.53. The average Bonchev–Trinajstić information content (AvgIpc) is 3.40. The van der Waals surface area contributed by atoms with E-state index in [-0.39, 0.29) is 11.0 Å². The van der Waals surface area contributed by atoms with Gasteiger partial charge in [0.05, 0.1) is 11.5 Å². The minimum Gasteiger partial charge on any atom is -0.360 e. The van der Waals surface area contributed by atoms with Crippen molar-refractivity contribution >= 4 is 44.2 Å². The average molecular weight is 482 g/mol.